The normalized spacial score (nSPS) is 33.3. The summed E-state index contributed by atoms with van der Waals surface area (Å²) in [5, 5.41) is 0. The van der Waals surface area contributed by atoms with Gasteiger partial charge < -0.3 is 5.73 Å². The summed E-state index contributed by atoms with van der Waals surface area (Å²) in [4.78, 5) is 11.7. The maximum atomic E-state index is 12.2. The average molecular weight is 282 g/mol. The van der Waals surface area contributed by atoms with Crippen LogP contribution < -0.4 is 10.5 Å². The Kier molecular flexibility index (Phi) is 2.93. The Morgan fingerprint density at radius 1 is 1.50 bits per heavy atom. The summed E-state index contributed by atoms with van der Waals surface area (Å²) in [5.74, 6) is -1.50. The number of nitrogens with one attached hydrogen (secondary N) is 1. The monoisotopic (exact) mass is 282 g/mol. The Labute approximate surface area is 104 Å². The van der Waals surface area contributed by atoms with Crippen LogP contribution in [-0.4, -0.2) is 31.0 Å². The second kappa shape index (κ2) is 3.86. The highest BCUT2D eigenvalue weighted by molar-refractivity contribution is 7.91. The molecule has 5 nitrogen and oxygen atoms in total. The topological polar surface area (TPSA) is 89.3 Å². The molecular weight excluding hydrogens is 266 g/mol. The SMILES string of the molecule is CC1(S(=O)(=O)NC(=O)[C@@]2(N)C[C@H]2CC(F)F)CC1. The first-order chi connectivity index (χ1) is 8.11. The molecule has 2 fully saturated rings. The van der Waals surface area contributed by atoms with E-state index in [0.29, 0.717) is 12.8 Å². The van der Waals surface area contributed by atoms with Crippen LogP contribution in [0.4, 0.5) is 8.78 Å². The van der Waals surface area contributed by atoms with E-state index in [-0.39, 0.29) is 6.42 Å². The highest BCUT2D eigenvalue weighted by Crippen LogP contribution is 2.46. The van der Waals surface area contributed by atoms with Gasteiger partial charge in [0, 0.05) is 6.42 Å². The van der Waals surface area contributed by atoms with Crippen LogP contribution in [0.2, 0.25) is 0 Å². The standard InChI is InChI=1S/C10H16F2N2O3S/c1-9(2-3-9)18(16,17)14-8(15)10(13)5-6(10)4-7(11)12/h6-7H,2-5,13H2,1H3,(H,14,15)/t6-,10-/m1/s1. The summed E-state index contributed by atoms with van der Waals surface area (Å²) in [6, 6.07) is 0. The summed E-state index contributed by atoms with van der Waals surface area (Å²) < 4.78 is 48.9. The summed E-state index contributed by atoms with van der Waals surface area (Å²) in [6.45, 7) is 1.54. The fourth-order valence-electron chi connectivity index (χ4n) is 1.92. The van der Waals surface area contributed by atoms with Crippen molar-refractivity contribution in [2.24, 2.45) is 11.7 Å². The second-order valence-corrected chi connectivity index (χ2v) is 7.65. The summed E-state index contributed by atoms with van der Waals surface area (Å²) in [5.41, 5.74) is 4.19. The van der Waals surface area contributed by atoms with Crippen LogP contribution in [0, 0.1) is 5.92 Å². The number of alkyl halides is 2. The van der Waals surface area contributed by atoms with Crippen molar-refractivity contribution in [3.8, 4) is 0 Å². The molecule has 1 amide bonds. The second-order valence-electron chi connectivity index (χ2n) is 5.45. The molecule has 18 heavy (non-hydrogen) atoms. The smallest absolute Gasteiger partial charge is 0.253 e. The van der Waals surface area contributed by atoms with Gasteiger partial charge in [0.15, 0.2) is 0 Å². The molecule has 104 valence electrons. The molecule has 0 aliphatic heterocycles. The Morgan fingerprint density at radius 2 is 2.06 bits per heavy atom. The van der Waals surface area contributed by atoms with Gasteiger partial charge in [-0.05, 0) is 32.1 Å². The fraction of sp³-hybridized carbons (Fsp3) is 0.900. The Balaban J connectivity index is 1.98. The van der Waals surface area contributed by atoms with Crippen LogP contribution in [-0.2, 0) is 14.8 Å². The number of carbonyl (C=O) groups is 1. The van der Waals surface area contributed by atoms with Gasteiger partial charge in [-0.15, -0.1) is 0 Å². The van der Waals surface area contributed by atoms with Gasteiger partial charge in [-0.25, -0.2) is 17.2 Å². The van der Waals surface area contributed by atoms with E-state index < -0.39 is 45.0 Å². The van der Waals surface area contributed by atoms with Crippen molar-refractivity contribution >= 4 is 15.9 Å². The largest absolute Gasteiger partial charge is 0.317 e. The first-order valence-electron chi connectivity index (χ1n) is 5.74. The maximum absolute atomic E-state index is 12.2. The van der Waals surface area contributed by atoms with Crippen LogP contribution in [0.5, 0.6) is 0 Å². The molecular formula is C10H16F2N2O3S. The van der Waals surface area contributed by atoms with Gasteiger partial charge in [-0.3, -0.25) is 9.52 Å². The number of amides is 1. The molecule has 0 radical (unpaired) electrons. The summed E-state index contributed by atoms with van der Waals surface area (Å²) in [6.07, 6.45) is -1.91. The molecule has 2 atom stereocenters. The third kappa shape index (κ3) is 2.23. The predicted molar refractivity (Wildman–Crippen MR) is 60.3 cm³/mol. The van der Waals surface area contributed by atoms with Crippen molar-refractivity contribution < 1.29 is 22.0 Å². The van der Waals surface area contributed by atoms with Gasteiger partial charge in [0.05, 0.1) is 10.3 Å². The maximum Gasteiger partial charge on any atom is 0.253 e. The van der Waals surface area contributed by atoms with Gasteiger partial charge in [-0.1, -0.05) is 0 Å². The van der Waals surface area contributed by atoms with Crippen LogP contribution in [0.3, 0.4) is 0 Å². The molecule has 0 saturated heterocycles. The van der Waals surface area contributed by atoms with E-state index in [2.05, 4.69) is 0 Å². The van der Waals surface area contributed by atoms with E-state index in [1.165, 1.54) is 6.92 Å². The number of nitrogens with two attached hydrogens (primary N) is 1. The van der Waals surface area contributed by atoms with E-state index in [1.807, 2.05) is 4.72 Å². The summed E-state index contributed by atoms with van der Waals surface area (Å²) >= 11 is 0. The zero-order valence-corrected chi connectivity index (χ0v) is 10.8. The quantitative estimate of drug-likeness (QED) is 0.762. The third-order valence-corrected chi connectivity index (χ3v) is 6.03. The van der Waals surface area contributed by atoms with Crippen molar-refractivity contribution in [2.45, 2.75) is 49.3 Å². The first kappa shape index (κ1) is 13.7. The van der Waals surface area contributed by atoms with Crippen molar-refractivity contribution in [3.05, 3.63) is 0 Å². The van der Waals surface area contributed by atoms with E-state index in [0.717, 1.165) is 0 Å². The van der Waals surface area contributed by atoms with E-state index >= 15 is 0 Å². The minimum Gasteiger partial charge on any atom is -0.317 e. The molecule has 2 saturated carbocycles. The van der Waals surface area contributed by atoms with E-state index in [1.54, 1.807) is 0 Å². The van der Waals surface area contributed by atoms with Crippen LogP contribution in [0.25, 0.3) is 0 Å². The lowest BCUT2D eigenvalue weighted by atomic mass is 10.1. The fourth-order valence-corrected chi connectivity index (χ4v) is 3.24. The highest BCUT2D eigenvalue weighted by atomic mass is 32.2. The number of hydrogen-bond acceptors (Lipinski definition) is 4. The van der Waals surface area contributed by atoms with Crippen molar-refractivity contribution in [3.63, 3.8) is 0 Å². The molecule has 0 aromatic carbocycles. The number of halogens is 2. The number of sulfonamides is 1. The van der Waals surface area contributed by atoms with Gasteiger partial charge >= 0.3 is 0 Å². The van der Waals surface area contributed by atoms with E-state index in [9.17, 15) is 22.0 Å². The Bertz CT molecular complexity index is 476. The lowest BCUT2D eigenvalue weighted by Crippen LogP contribution is -2.49. The first-order valence-corrected chi connectivity index (χ1v) is 7.23. The minimum atomic E-state index is -3.75. The number of carbonyl (C=O) groups excluding carboxylic acids is 1. The molecule has 3 N–H and O–H groups in total. The Hall–Kier alpha value is -0.760. The summed E-state index contributed by atoms with van der Waals surface area (Å²) in [7, 11) is -3.75. The van der Waals surface area contributed by atoms with Gasteiger partial charge in [0.1, 0.15) is 0 Å². The minimum absolute atomic E-state index is 0.107. The molecule has 2 aliphatic carbocycles. The van der Waals surface area contributed by atoms with E-state index in [4.69, 9.17) is 5.73 Å². The molecule has 2 aliphatic rings. The van der Waals surface area contributed by atoms with Crippen LogP contribution in [0.1, 0.15) is 32.6 Å². The molecule has 2 rings (SSSR count). The van der Waals surface area contributed by atoms with Gasteiger partial charge in [-0.2, -0.15) is 0 Å². The molecule has 0 aromatic heterocycles. The van der Waals surface area contributed by atoms with Crippen LogP contribution in [0.15, 0.2) is 0 Å². The molecule has 0 aromatic rings. The lowest BCUT2D eigenvalue weighted by Gasteiger charge is -2.16. The average Bonchev–Trinajstić information content (AvgIpc) is 3.07. The molecule has 0 unspecified atom stereocenters. The lowest BCUT2D eigenvalue weighted by molar-refractivity contribution is -0.121. The van der Waals surface area contributed by atoms with Crippen molar-refractivity contribution in [2.75, 3.05) is 0 Å². The zero-order valence-electron chi connectivity index (χ0n) is 9.95. The zero-order chi connectivity index (χ0) is 13.8. The molecule has 0 bridgehead atoms. The van der Waals surface area contributed by atoms with Crippen molar-refractivity contribution in [1.82, 2.24) is 4.72 Å². The predicted octanol–water partition coefficient (Wildman–Crippen LogP) is 0.357. The van der Waals surface area contributed by atoms with Gasteiger partial charge in [0.25, 0.3) is 5.91 Å². The highest BCUT2D eigenvalue weighted by Gasteiger charge is 2.60. The number of rotatable bonds is 5. The molecule has 0 spiro atoms. The van der Waals surface area contributed by atoms with Crippen molar-refractivity contribution in [1.29, 1.82) is 0 Å². The Morgan fingerprint density at radius 3 is 2.50 bits per heavy atom. The van der Waals surface area contributed by atoms with Crippen LogP contribution >= 0.6 is 0 Å². The molecule has 8 heteroatoms. The number of hydrogen-bond donors (Lipinski definition) is 2. The van der Waals surface area contributed by atoms with Gasteiger partial charge in [0.2, 0.25) is 16.4 Å². The third-order valence-electron chi connectivity index (χ3n) is 3.87. The molecule has 0 heterocycles.